The van der Waals surface area contributed by atoms with Crippen molar-refractivity contribution < 1.29 is 4.74 Å². The normalized spacial score (nSPS) is 14.2. The van der Waals surface area contributed by atoms with Gasteiger partial charge in [0.05, 0.1) is 6.61 Å². The van der Waals surface area contributed by atoms with E-state index in [0.717, 1.165) is 44.1 Å². The molecular weight excluding hydrogens is 248 g/mol. The van der Waals surface area contributed by atoms with Crippen molar-refractivity contribution in [1.29, 1.82) is 0 Å². The number of hydrogen-bond acceptors (Lipinski definition) is 3. The predicted molar refractivity (Wildman–Crippen MR) is 81.5 cm³/mol. The second kappa shape index (κ2) is 5.97. The van der Waals surface area contributed by atoms with Crippen LogP contribution in [0.5, 0.6) is 5.75 Å². The maximum absolute atomic E-state index is 6.01. The third-order valence-electron chi connectivity index (χ3n) is 3.72. The van der Waals surface area contributed by atoms with Gasteiger partial charge in [-0.1, -0.05) is 30.3 Å². The largest absolute Gasteiger partial charge is 0.494 e. The number of fused-ring (bicyclic) bond motifs is 1. The highest BCUT2D eigenvalue weighted by molar-refractivity contribution is 5.52. The third-order valence-corrected chi connectivity index (χ3v) is 3.72. The van der Waals surface area contributed by atoms with Crippen molar-refractivity contribution in [3.8, 4) is 5.75 Å². The van der Waals surface area contributed by atoms with Crippen LogP contribution in [0.15, 0.2) is 48.5 Å². The van der Waals surface area contributed by atoms with Gasteiger partial charge < -0.3 is 10.5 Å². The average molecular weight is 268 g/mol. The minimum absolute atomic E-state index is 0.756. The quantitative estimate of drug-likeness (QED) is 0.669. The summed E-state index contributed by atoms with van der Waals surface area (Å²) in [5, 5.41) is 0. The molecule has 0 bridgehead atoms. The van der Waals surface area contributed by atoms with Crippen LogP contribution in [0.3, 0.4) is 0 Å². The van der Waals surface area contributed by atoms with Gasteiger partial charge >= 0.3 is 0 Å². The van der Waals surface area contributed by atoms with Gasteiger partial charge in [0, 0.05) is 25.3 Å². The van der Waals surface area contributed by atoms with Crippen molar-refractivity contribution in [2.45, 2.75) is 19.5 Å². The lowest BCUT2D eigenvalue weighted by atomic mass is 10.1. The lowest BCUT2D eigenvalue weighted by Crippen LogP contribution is -2.19. The SMILES string of the molecule is Nc1cccc2c1CN(CCCOc1ccccc1)C2. The van der Waals surface area contributed by atoms with E-state index >= 15 is 0 Å². The summed E-state index contributed by atoms with van der Waals surface area (Å²) < 4.78 is 5.72. The van der Waals surface area contributed by atoms with E-state index < -0.39 is 0 Å². The smallest absolute Gasteiger partial charge is 0.119 e. The number of nitrogen functional groups attached to an aromatic ring is 1. The number of anilines is 1. The zero-order chi connectivity index (χ0) is 13.8. The molecule has 20 heavy (non-hydrogen) atoms. The number of nitrogens with two attached hydrogens (primary N) is 1. The van der Waals surface area contributed by atoms with E-state index in [2.05, 4.69) is 11.0 Å². The summed E-state index contributed by atoms with van der Waals surface area (Å²) in [6, 6.07) is 16.2. The first-order valence-electron chi connectivity index (χ1n) is 7.09. The molecule has 0 aliphatic carbocycles. The summed E-state index contributed by atoms with van der Waals surface area (Å²) in [4.78, 5) is 2.43. The lowest BCUT2D eigenvalue weighted by Gasteiger charge is -2.14. The van der Waals surface area contributed by atoms with Crippen molar-refractivity contribution in [2.24, 2.45) is 0 Å². The molecule has 104 valence electrons. The molecule has 2 aromatic carbocycles. The Labute approximate surface area is 120 Å². The Morgan fingerprint density at radius 3 is 2.65 bits per heavy atom. The van der Waals surface area contributed by atoms with Gasteiger partial charge in [-0.15, -0.1) is 0 Å². The number of ether oxygens (including phenoxy) is 1. The number of nitrogens with zero attached hydrogens (tertiary/aromatic N) is 1. The number of benzene rings is 2. The number of hydrogen-bond donors (Lipinski definition) is 1. The third kappa shape index (κ3) is 2.94. The summed E-state index contributed by atoms with van der Waals surface area (Å²) in [6.07, 6.45) is 1.03. The van der Waals surface area contributed by atoms with Crippen LogP contribution in [0.1, 0.15) is 17.5 Å². The maximum Gasteiger partial charge on any atom is 0.119 e. The van der Waals surface area contributed by atoms with E-state index in [-0.39, 0.29) is 0 Å². The van der Waals surface area contributed by atoms with Crippen LogP contribution in [0, 0.1) is 0 Å². The fraction of sp³-hybridized carbons (Fsp3) is 0.294. The number of para-hydroxylation sites is 1. The van der Waals surface area contributed by atoms with Crippen LogP contribution in [-0.2, 0) is 13.1 Å². The molecule has 0 unspecified atom stereocenters. The van der Waals surface area contributed by atoms with Crippen molar-refractivity contribution in [2.75, 3.05) is 18.9 Å². The molecule has 0 aromatic heterocycles. The first-order valence-corrected chi connectivity index (χ1v) is 7.09. The van der Waals surface area contributed by atoms with Crippen LogP contribution in [0.4, 0.5) is 5.69 Å². The van der Waals surface area contributed by atoms with Crippen LogP contribution in [0.25, 0.3) is 0 Å². The maximum atomic E-state index is 6.01. The summed E-state index contributed by atoms with van der Waals surface area (Å²) in [7, 11) is 0. The van der Waals surface area contributed by atoms with Gasteiger partial charge in [-0.25, -0.2) is 0 Å². The Hall–Kier alpha value is -2.00. The molecule has 0 fully saturated rings. The summed E-state index contributed by atoms with van der Waals surface area (Å²) >= 11 is 0. The molecule has 1 aliphatic rings. The minimum Gasteiger partial charge on any atom is -0.494 e. The molecule has 3 heteroatoms. The Kier molecular flexibility index (Phi) is 3.88. The molecule has 0 radical (unpaired) electrons. The number of rotatable bonds is 5. The van der Waals surface area contributed by atoms with Crippen LogP contribution >= 0.6 is 0 Å². The first kappa shape index (κ1) is 13.0. The van der Waals surface area contributed by atoms with Crippen molar-refractivity contribution in [3.05, 3.63) is 59.7 Å². The summed E-state index contributed by atoms with van der Waals surface area (Å²) in [6.45, 7) is 3.77. The van der Waals surface area contributed by atoms with Crippen LogP contribution in [-0.4, -0.2) is 18.1 Å². The van der Waals surface area contributed by atoms with Gasteiger partial charge in [0.15, 0.2) is 0 Å². The topological polar surface area (TPSA) is 38.5 Å². The minimum atomic E-state index is 0.756. The standard InChI is InChI=1S/C17H20N2O/c18-17-9-4-6-14-12-19(13-16(14)17)10-5-11-20-15-7-2-1-3-8-15/h1-4,6-9H,5,10-13,18H2. The predicted octanol–water partition coefficient (Wildman–Crippen LogP) is 3.05. The molecule has 0 amide bonds. The monoisotopic (exact) mass is 268 g/mol. The fourth-order valence-electron chi connectivity index (χ4n) is 2.67. The molecular formula is C17H20N2O. The second-order valence-corrected chi connectivity index (χ2v) is 5.21. The van der Waals surface area contributed by atoms with E-state index in [1.54, 1.807) is 0 Å². The second-order valence-electron chi connectivity index (χ2n) is 5.21. The molecule has 2 aromatic rings. The van der Waals surface area contributed by atoms with Gasteiger partial charge in [0.2, 0.25) is 0 Å². The molecule has 0 saturated heterocycles. The molecule has 0 atom stereocenters. The zero-order valence-electron chi connectivity index (χ0n) is 11.6. The molecule has 3 rings (SSSR count). The highest BCUT2D eigenvalue weighted by atomic mass is 16.5. The van der Waals surface area contributed by atoms with Crippen molar-refractivity contribution in [3.63, 3.8) is 0 Å². The van der Waals surface area contributed by atoms with Gasteiger partial charge in [0.25, 0.3) is 0 Å². The highest BCUT2D eigenvalue weighted by Gasteiger charge is 2.19. The van der Waals surface area contributed by atoms with E-state index in [4.69, 9.17) is 10.5 Å². The van der Waals surface area contributed by atoms with E-state index in [1.165, 1.54) is 11.1 Å². The van der Waals surface area contributed by atoms with Gasteiger partial charge in [-0.3, -0.25) is 4.90 Å². The lowest BCUT2D eigenvalue weighted by molar-refractivity contribution is 0.238. The van der Waals surface area contributed by atoms with Crippen LogP contribution < -0.4 is 10.5 Å². The van der Waals surface area contributed by atoms with Gasteiger partial charge in [-0.2, -0.15) is 0 Å². The Morgan fingerprint density at radius 2 is 1.85 bits per heavy atom. The van der Waals surface area contributed by atoms with Crippen LogP contribution in [0.2, 0.25) is 0 Å². The molecule has 0 spiro atoms. The molecule has 3 nitrogen and oxygen atoms in total. The van der Waals surface area contributed by atoms with Crippen molar-refractivity contribution in [1.82, 2.24) is 4.90 Å². The van der Waals surface area contributed by atoms with E-state index in [9.17, 15) is 0 Å². The van der Waals surface area contributed by atoms with Crippen molar-refractivity contribution >= 4 is 5.69 Å². The Bertz CT molecular complexity index is 568. The molecule has 1 heterocycles. The van der Waals surface area contributed by atoms with Gasteiger partial charge in [-0.05, 0) is 35.7 Å². The zero-order valence-corrected chi connectivity index (χ0v) is 11.6. The molecule has 2 N–H and O–H groups in total. The highest BCUT2D eigenvalue weighted by Crippen LogP contribution is 2.27. The fourth-order valence-corrected chi connectivity index (χ4v) is 2.67. The average Bonchev–Trinajstić information content (AvgIpc) is 2.89. The summed E-state index contributed by atoms with van der Waals surface area (Å²) in [5.74, 6) is 0.946. The Morgan fingerprint density at radius 1 is 1.00 bits per heavy atom. The molecule has 0 saturated carbocycles. The van der Waals surface area contributed by atoms with E-state index in [0.29, 0.717) is 0 Å². The van der Waals surface area contributed by atoms with Gasteiger partial charge in [0.1, 0.15) is 5.75 Å². The first-order chi connectivity index (χ1) is 9.83. The Balaban J connectivity index is 1.44. The summed E-state index contributed by atoms with van der Waals surface area (Å²) in [5.41, 5.74) is 9.61. The van der Waals surface area contributed by atoms with E-state index in [1.807, 2.05) is 42.5 Å². The molecule has 1 aliphatic heterocycles.